The van der Waals surface area contributed by atoms with Gasteiger partial charge in [-0.3, -0.25) is 4.79 Å². The number of thiophene rings is 1. The first-order chi connectivity index (χ1) is 8.57. The molecule has 1 aliphatic carbocycles. The second-order valence-corrected chi connectivity index (χ2v) is 6.76. The van der Waals surface area contributed by atoms with Crippen LogP contribution in [0.25, 0.3) is 0 Å². The van der Waals surface area contributed by atoms with Gasteiger partial charge in [0.25, 0.3) is 0 Å². The smallest absolute Gasteiger partial charge is 0.222 e. The Labute approximate surface area is 113 Å². The molecule has 0 unspecified atom stereocenters. The van der Waals surface area contributed by atoms with Gasteiger partial charge in [-0.05, 0) is 31.9 Å². The van der Waals surface area contributed by atoms with Gasteiger partial charge in [-0.2, -0.15) is 0 Å². The van der Waals surface area contributed by atoms with E-state index in [9.17, 15) is 4.79 Å². The van der Waals surface area contributed by atoms with E-state index in [-0.39, 0.29) is 11.4 Å². The summed E-state index contributed by atoms with van der Waals surface area (Å²) in [5.41, 5.74) is 6.02. The van der Waals surface area contributed by atoms with Gasteiger partial charge < -0.3 is 11.1 Å². The van der Waals surface area contributed by atoms with E-state index in [0.29, 0.717) is 13.0 Å². The minimum atomic E-state index is -0.256. The van der Waals surface area contributed by atoms with Gasteiger partial charge in [0.1, 0.15) is 0 Å². The summed E-state index contributed by atoms with van der Waals surface area (Å²) in [5, 5.41) is 2.98. The molecular weight excluding hydrogens is 244 g/mol. The summed E-state index contributed by atoms with van der Waals surface area (Å²) in [6.07, 6.45) is 6.02. The van der Waals surface area contributed by atoms with Crippen molar-refractivity contribution in [2.45, 2.75) is 57.5 Å². The number of nitrogens with two attached hydrogens (primary N) is 1. The Hall–Kier alpha value is -0.870. The van der Waals surface area contributed by atoms with Gasteiger partial charge in [0.15, 0.2) is 0 Å². The zero-order chi connectivity index (χ0) is 13.0. The number of hydrogen-bond donors (Lipinski definition) is 2. The lowest BCUT2D eigenvalue weighted by Crippen LogP contribution is -2.45. The van der Waals surface area contributed by atoms with Crippen molar-refractivity contribution < 1.29 is 4.79 Å². The molecule has 1 fully saturated rings. The van der Waals surface area contributed by atoms with Crippen LogP contribution in [0.5, 0.6) is 0 Å². The second kappa shape index (κ2) is 5.85. The summed E-state index contributed by atoms with van der Waals surface area (Å²) < 4.78 is 0. The van der Waals surface area contributed by atoms with Crippen molar-refractivity contribution in [3.05, 3.63) is 21.9 Å². The maximum atomic E-state index is 11.9. The molecule has 100 valence electrons. The fourth-order valence-corrected chi connectivity index (χ4v) is 3.41. The fraction of sp³-hybridized carbons (Fsp3) is 0.643. The molecule has 3 N–H and O–H groups in total. The van der Waals surface area contributed by atoms with Crippen LogP contribution in [0.3, 0.4) is 0 Å². The first-order valence-electron chi connectivity index (χ1n) is 6.68. The van der Waals surface area contributed by atoms with E-state index in [0.717, 1.165) is 25.7 Å². The number of rotatable bonds is 4. The van der Waals surface area contributed by atoms with Gasteiger partial charge >= 0.3 is 0 Å². The summed E-state index contributed by atoms with van der Waals surface area (Å²) in [7, 11) is 0. The first-order valence-corrected chi connectivity index (χ1v) is 7.50. The molecule has 1 aromatic rings. The molecule has 0 bridgehead atoms. The van der Waals surface area contributed by atoms with Gasteiger partial charge in [0.05, 0.1) is 6.54 Å². The number of carbonyl (C=O) groups is 1. The standard InChI is InChI=1S/C14H22N2OS/c1-11-5-6-12(18-11)10-16-13(17)9-14(15)7-3-2-4-8-14/h5-6H,2-4,7-10,15H2,1H3,(H,16,17). The Balaban J connectivity index is 1.78. The van der Waals surface area contributed by atoms with Crippen LogP contribution in [0.15, 0.2) is 12.1 Å². The molecule has 1 heterocycles. The van der Waals surface area contributed by atoms with E-state index in [4.69, 9.17) is 5.73 Å². The predicted octanol–water partition coefficient (Wildman–Crippen LogP) is 2.72. The average molecular weight is 266 g/mol. The number of carbonyl (C=O) groups excluding carboxylic acids is 1. The zero-order valence-electron chi connectivity index (χ0n) is 11.0. The van der Waals surface area contributed by atoms with Crippen LogP contribution in [0, 0.1) is 6.92 Å². The van der Waals surface area contributed by atoms with Crippen LogP contribution < -0.4 is 11.1 Å². The molecule has 2 rings (SSSR count). The van der Waals surface area contributed by atoms with Crippen LogP contribution in [0.4, 0.5) is 0 Å². The molecule has 1 aliphatic rings. The normalized spacial score (nSPS) is 18.6. The minimum Gasteiger partial charge on any atom is -0.351 e. The lowest BCUT2D eigenvalue weighted by Gasteiger charge is -2.32. The monoisotopic (exact) mass is 266 g/mol. The molecule has 1 saturated carbocycles. The van der Waals surface area contributed by atoms with E-state index in [2.05, 4.69) is 24.4 Å². The van der Waals surface area contributed by atoms with E-state index in [1.165, 1.54) is 16.2 Å². The minimum absolute atomic E-state index is 0.0884. The Bertz CT molecular complexity index is 408. The lowest BCUT2D eigenvalue weighted by molar-refractivity contribution is -0.122. The molecular formula is C14H22N2OS. The van der Waals surface area contributed by atoms with E-state index >= 15 is 0 Å². The van der Waals surface area contributed by atoms with Gasteiger partial charge in [-0.25, -0.2) is 0 Å². The summed E-state index contributed by atoms with van der Waals surface area (Å²) >= 11 is 1.73. The van der Waals surface area contributed by atoms with Crippen molar-refractivity contribution in [1.29, 1.82) is 0 Å². The molecule has 0 spiro atoms. The molecule has 1 aromatic heterocycles. The third kappa shape index (κ3) is 3.82. The van der Waals surface area contributed by atoms with Crippen LogP contribution in [-0.4, -0.2) is 11.4 Å². The summed E-state index contributed by atoms with van der Waals surface area (Å²) in [5.74, 6) is 0.0884. The van der Waals surface area contributed by atoms with E-state index < -0.39 is 0 Å². The maximum Gasteiger partial charge on any atom is 0.222 e. The largest absolute Gasteiger partial charge is 0.351 e. The van der Waals surface area contributed by atoms with Gasteiger partial charge in [0, 0.05) is 21.7 Å². The Kier molecular flexibility index (Phi) is 4.40. The maximum absolute atomic E-state index is 11.9. The summed E-state index contributed by atoms with van der Waals surface area (Å²) in [6.45, 7) is 2.71. The fourth-order valence-electron chi connectivity index (χ4n) is 2.58. The number of aryl methyl sites for hydroxylation is 1. The van der Waals surface area contributed by atoms with Crippen molar-refractivity contribution >= 4 is 17.2 Å². The van der Waals surface area contributed by atoms with Crippen molar-refractivity contribution in [3.8, 4) is 0 Å². The molecule has 0 aliphatic heterocycles. The predicted molar refractivity (Wildman–Crippen MR) is 75.5 cm³/mol. The molecule has 0 aromatic carbocycles. The van der Waals surface area contributed by atoms with Crippen molar-refractivity contribution in [2.24, 2.45) is 5.73 Å². The molecule has 4 heteroatoms. The quantitative estimate of drug-likeness (QED) is 0.880. The molecule has 0 atom stereocenters. The highest BCUT2D eigenvalue weighted by molar-refractivity contribution is 7.11. The molecule has 3 nitrogen and oxygen atoms in total. The lowest BCUT2D eigenvalue weighted by atomic mass is 9.80. The average Bonchev–Trinajstić information content (AvgIpc) is 2.73. The number of hydrogen-bond acceptors (Lipinski definition) is 3. The second-order valence-electron chi connectivity index (χ2n) is 5.39. The van der Waals surface area contributed by atoms with Gasteiger partial charge in [0.2, 0.25) is 5.91 Å². The topological polar surface area (TPSA) is 55.1 Å². The third-order valence-corrected chi connectivity index (χ3v) is 4.62. The van der Waals surface area contributed by atoms with E-state index in [1.54, 1.807) is 11.3 Å². The van der Waals surface area contributed by atoms with Crippen LogP contribution in [0.2, 0.25) is 0 Å². The first kappa shape index (κ1) is 13.6. The van der Waals surface area contributed by atoms with Gasteiger partial charge in [-0.15, -0.1) is 11.3 Å². The molecule has 1 amide bonds. The van der Waals surface area contributed by atoms with E-state index in [1.807, 2.05) is 0 Å². The zero-order valence-corrected chi connectivity index (χ0v) is 11.8. The highest BCUT2D eigenvalue weighted by Crippen LogP contribution is 2.28. The van der Waals surface area contributed by atoms with Gasteiger partial charge in [-0.1, -0.05) is 19.3 Å². The van der Waals surface area contributed by atoms with Crippen molar-refractivity contribution in [2.75, 3.05) is 0 Å². The Morgan fingerprint density at radius 2 is 2.11 bits per heavy atom. The van der Waals surface area contributed by atoms with Crippen molar-refractivity contribution in [1.82, 2.24) is 5.32 Å². The highest BCUT2D eigenvalue weighted by Gasteiger charge is 2.29. The summed E-state index contributed by atoms with van der Waals surface area (Å²) in [4.78, 5) is 14.4. The number of nitrogens with one attached hydrogen (secondary N) is 1. The Morgan fingerprint density at radius 3 is 2.72 bits per heavy atom. The number of amides is 1. The van der Waals surface area contributed by atoms with Crippen LogP contribution in [-0.2, 0) is 11.3 Å². The molecule has 18 heavy (non-hydrogen) atoms. The molecule has 0 radical (unpaired) electrons. The molecule has 0 saturated heterocycles. The summed E-state index contributed by atoms with van der Waals surface area (Å²) in [6, 6.07) is 4.15. The van der Waals surface area contributed by atoms with Crippen LogP contribution in [0.1, 0.15) is 48.3 Å². The SMILES string of the molecule is Cc1ccc(CNC(=O)CC2(N)CCCCC2)s1. The van der Waals surface area contributed by atoms with Crippen molar-refractivity contribution in [3.63, 3.8) is 0 Å². The Morgan fingerprint density at radius 1 is 1.39 bits per heavy atom. The highest BCUT2D eigenvalue weighted by atomic mass is 32.1. The van der Waals surface area contributed by atoms with Crippen LogP contribution >= 0.6 is 11.3 Å². The third-order valence-electron chi connectivity index (χ3n) is 3.62.